The minimum absolute atomic E-state index is 0.179. The number of allylic oxidation sites excluding steroid dienone is 2. The van der Waals surface area contributed by atoms with Gasteiger partial charge in [0.2, 0.25) is 11.8 Å². The summed E-state index contributed by atoms with van der Waals surface area (Å²) in [5.41, 5.74) is 1.36. The van der Waals surface area contributed by atoms with Crippen molar-refractivity contribution in [3.63, 3.8) is 0 Å². The number of fused-ring (bicyclic) bond motifs is 1. The summed E-state index contributed by atoms with van der Waals surface area (Å²) < 4.78 is 9.96. The highest BCUT2D eigenvalue weighted by atomic mass is 16.5. The Hall–Kier alpha value is -4.27. The molecule has 9 heteroatoms. The van der Waals surface area contributed by atoms with Crippen LogP contribution in [0.1, 0.15) is 40.5 Å². The monoisotopic (exact) mass is 476 g/mol. The summed E-state index contributed by atoms with van der Waals surface area (Å²) in [7, 11) is 0. The minimum atomic E-state index is -0.721. The number of carbonyl (C=O) groups is 5. The summed E-state index contributed by atoms with van der Waals surface area (Å²) in [6.07, 6.45) is 4.94. The second-order valence-electron chi connectivity index (χ2n) is 8.14. The molecule has 1 fully saturated rings. The van der Waals surface area contributed by atoms with Crippen molar-refractivity contribution in [1.29, 1.82) is 0 Å². The lowest BCUT2D eigenvalue weighted by atomic mass is 9.85. The largest absolute Gasteiger partial charge is 0.462 e. The van der Waals surface area contributed by atoms with Gasteiger partial charge in [-0.05, 0) is 68.3 Å². The van der Waals surface area contributed by atoms with Crippen LogP contribution in [0.5, 0.6) is 0 Å². The number of imide groups is 1. The first-order chi connectivity index (χ1) is 16.9. The van der Waals surface area contributed by atoms with Crippen LogP contribution in [-0.2, 0) is 23.9 Å². The highest BCUT2D eigenvalue weighted by Crippen LogP contribution is 2.37. The van der Waals surface area contributed by atoms with E-state index in [0.717, 1.165) is 0 Å². The molecule has 1 heterocycles. The summed E-state index contributed by atoms with van der Waals surface area (Å²) >= 11 is 0. The van der Waals surface area contributed by atoms with E-state index < -0.39 is 24.5 Å². The number of nitrogens with zero attached hydrogens (tertiary/aromatic N) is 1. The fourth-order valence-corrected chi connectivity index (χ4v) is 4.12. The molecule has 0 saturated carbocycles. The third-order valence-electron chi connectivity index (χ3n) is 5.88. The molecular formula is C26H24N2O7. The number of ether oxygens (including phenoxy) is 2. The van der Waals surface area contributed by atoms with Gasteiger partial charge in [0.25, 0.3) is 5.91 Å². The lowest BCUT2D eigenvalue weighted by molar-refractivity contribution is -0.122. The van der Waals surface area contributed by atoms with E-state index in [4.69, 9.17) is 9.47 Å². The third kappa shape index (κ3) is 5.13. The summed E-state index contributed by atoms with van der Waals surface area (Å²) in [6.45, 7) is 1.46. The van der Waals surface area contributed by atoms with Crippen LogP contribution in [0.3, 0.4) is 0 Å². The molecule has 0 spiro atoms. The second-order valence-corrected chi connectivity index (χ2v) is 8.14. The fourth-order valence-electron chi connectivity index (χ4n) is 4.12. The van der Waals surface area contributed by atoms with Crippen LogP contribution >= 0.6 is 0 Å². The van der Waals surface area contributed by atoms with Gasteiger partial charge in [0, 0.05) is 5.69 Å². The van der Waals surface area contributed by atoms with Crippen LogP contribution < -0.4 is 10.2 Å². The van der Waals surface area contributed by atoms with Crippen LogP contribution in [0.2, 0.25) is 0 Å². The molecule has 3 amide bonds. The van der Waals surface area contributed by atoms with E-state index in [2.05, 4.69) is 5.32 Å². The van der Waals surface area contributed by atoms with Crippen molar-refractivity contribution in [3.05, 3.63) is 71.8 Å². The van der Waals surface area contributed by atoms with Gasteiger partial charge in [-0.2, -0.15) is 0 Å². The van der Waals surface area contributed by atoms with Crippen molar-refractivity contribution in [2.24, 2.45) is 11.8 Å². The lowest BCUT2D eigenvalue weighted by Gasteiger charge is -2.15. The Kier molecular flexibility index (Phi) is 7.05. The number of hydrogen-bond acceptors (Lipinski definition) is 7. The molecule has 0 aromatic heterocycles. The predicted molar refractivity (Wildman–Crippen MR) is 126 cm³/mol. The number of amides is 3. The number of carbonyl (C=O) groups excluding carboxylic acids is 5. The lowest BCUT2D eigenvalue weighted by Crippen LogP contribution is -2.30. The van der Waals surface area contributed by atoms with Crippen molar-refractivity contribution in [3.8, 4) is 0 Å². The Labute approximate surface area is 201 Å². The quantitative estimate of drug-likeness (QED) is 0.370. The number of esters is 2. The number of benzene rings is 2. The van der Waals surface area contributed by atoms with E-state index in [9.17, 15) is 24.0 Å². The molecule has 0 unspecified atom stereocenters. The van der Waals surface area contributed by atoms with Gasteiger partial charge in [-0.1, -0.05) is 12.2 Å². The second kappa shape index (κ2) is 10.3. The number of anilines is 2. The smallest absolute Gasteiger partial charge is 0.338 e. The minimum Gasteiger partial charge on any atom is -0.462 e. The molecule has 2 aliphatic rings. The normalized spacial score (nSPS) is 18.7. The van der Waals surface area contributed by atoms with Crippen molar-refractivity contribution < 1.29 is 33.4 Å². The molecule has 1 N–H and O–H groups in total. The molecular weight excluding hydrogens is 452 g/mol. The Bertz CT molecular complexity index is 1160. The van der Waals surface area contributed by atoms with Crippen molar-refractivity contribution in [1.82, 2.24) is 0 Å². The Morgan fingerprint density at radius 1 is 0.829 bits per heavy atom. The predicted octanol–water partition coefficient (Wildman–Crippen LogP) is 3.11. The van der Waals surface area contributed by atoms with Crippen LogP contribution in [0.25, 0.3) is 0 Å². The van der Waals surface area contributed by atoms with E-state index in [0.29, 0.717) is 29.8 Å². The van der Waals surface area contributed by atoms with E-state index in [-0.39, 0.29) is 35.8 Å². The number of rotatable bonds is 7. The summed E-state index contributed by atoms with van der Waals surface area (Å²) in [4.78, 5) is 62.7. The third-order valence-corrected chi connectivity index (χ3v) is 5.88. The van der Waals surface area contributed by atoms with Gasteiger partial charge in [0.05, 0.1) is 35.3 Å². The van der Waals surface area contributed by atoms with Gasteiger partial charge in [0.15, 0.2) is 6.61 Å². The first-order valence-electron chi connectivity index (χ1n) is 11.3. The summed E-state index contributed by atoms with van der Waals surface area (Å²) in [5, 5.41) is 2.57. The molecule has 2 aromatic rings. The topological polar surface area (TPSA) is 119 Å². The maximum absolute atomic E-state index is 12.7. The van der Waals surface area contributed by atoms with E-state index in [1.165, 1.54) is 53.4 Å². The molecule has 180 valence electrons. The molecule has 4 rings (SSSR count). The van der Waals surface area contributed by atoms with Crippen LogP contribution in [-0.4, -0.2) is 42.9 Å². The van der Waals surface area contributed by atoms with Gasteiger partial charge < -0.3 is 14.8 Å². The van der Waals surface area contributed by atoms with E-state index in [1.807, 2.05) is 12.2 Å². The first kappa shape index (κ1) is 23.9. The van der Waals surface area contributed by atoms with Gasteiger partial charge in [-0.15, -0.1) is 0 Å². The molecule has 2 aromatic carbocycles. The van der Waals surface area contributed by atoms with Crippen molar-refractivity contribution in [2.75, 3.05) is 23.4 Å². The zero-order valence-electron chi connectivity index (χ0n) is 19.1. The molecule has 1 saturated heterocycles. The van der Waals surface area contributed by atoms with Gasteiger partial charge in [0.1, 0.15) is 0 Å². The van der Waals surface area contributed by atoms with Gasteiger partial charge >= 0.3 is 11.9 Å². The van der Waals surface area contributed by atoms with Crippen LogP contribution in [0, 0.1) is 11.8 Å². The molecule has 0 radical (unpaired) electrons. The standard InChI is InChI=1S/C26H24N2O7/c1-2-34-25(32)16-7-11-18(12-8-16)27-22(29)15-35-26(33)17-9-13-19(14-10-17)28-23(30)20-5-3-4-6-21(20)24(28)31/h3-4,7-14,20-21H,2,5-6,15H2,1H3,(H,27,29)/t20-,21+. The van der Waals surface area contributed by atoms with Gasteiger partial charge in [-0.25, -0.2) is 9.59 Å². The van der Waals surface area contributed by atoms with Crippen molar-refractivity contribution in [2.45, 2.75) is 19.8 Å². The maximum Gasteiger partial charge on any atom is 0.338 e. The molecule has 1 aliphatic carbocycles. The molecule has 0 bridgehead atoms. The average Bonchev–Trinajstić information content (AvgIpc) is 3.13. The summed E-state index contributed by atoms with van der Waals surface area (Å²) in [5.74, 6) is -2.86. The van der Waals surface area contributed by atoms with Crippen LogP contribution in [0.15, 0.2) is 60.7 Å². The fraction of sp³-hybridized carbons (Fsp3) is 0.269. The van der Waals surface area contributed by atoms with Gasteiger partial charge in [-0.3, -0.25) is 19.3 Å². The first-order valence-corrected chi connectivity index (χ1v) is 11.3. The number of hydrogen-bond donors (Lipinski definition) is 1. The SMILES string of the molecule is CCOC(=O)c1ccc(NC(=O)COC(=O)c2ccc(N3C(=O)[C@H]4CC=CC[C@H]4C3=O)cc2)cc1. The Balaban J connectivity index is 1.30. The molecule has 2 atom stereocenters. The van der Waals surface area contributed by atoms with E-state index >= 15 is 0 Å². The Morgan fingerprint density at radius 2 is 1.34 bits per heavy atom. The zero-order chi connectivity index (χ0) is 24.9. The average molecular weight is 476 g/mol. The zero-order valence-corrected chi connectivity index (χ0v) is 19.1. The molecule has 1 aliphatic heterocycles. The maximum atomic E-state index is 12.7. The Morgan fingerprint density at radius 3 is 1.89 bits per heavy atom. The van der Waals surface area contributed by atoms with E-state index in [1.54, 1.807) is 6.92 Å². The molecule has 9 nitrogen and oxygen atoms in total. The van der Waals surface area contributed by atoms with Crippen LogP contribution in [0.4, 0.5) is 11.4 Å². The number of nitrogens with one attached hydrogen (secondary N) is 1. The summed E-state index contributed by atoms with van der Waals surface area (Å²) in [6, 6.07) is 12.0. The van der Waals surface area contributed by atoms with Crippen molar-refractivity contribution >= 4 is 41.0 Å². The molecule has 35 heavy (non-hydrogen) atoms. The highest BCUT2D eigenvalue weighted by molar-refractivity contribution is 6.22. The highest BCUT2D eigenvalue weighted by Gasteiger charge is 2.47.